The lowest BCUT2D eigenvalue weighted by Crippen LogP contribution is -2.17. The van der Waals surface area contributed by atoms with Gasteiger partial charge in [-0.3, -0.25) is 0 Å². The summed E-state index contributed by atoms with van der Waals surface area (Å²) in [5.41, 5.74) is 2.08. The zero-order valence-electron chi connectivity index (χ0n) is 11.6. The van der Waals surface area contributed by atoms with Crippen molar-refractivity contribution in [1.29, 1.82) is 0 Å². The van der Waals surface area contributed by atoms with Crippen molar-refractivity contribution in [3.63, 3.8) is 0 Å². The van der Waals surface area contributed by atoms with Crippen molar-refractivity contribution < 1.29 is 4.74 Å². The number of ether oxygens (including phenoxy) is 1. The van der Waals surface area contributed by atoms with Crippen LogP contribution in [0, 0.1) is 0 Å². The number of nitrogens with one attached hydrogen (secondary N) is 1. The van der Waals surface area contributed by atoms with Crippen LogP contribution in [-0.4, -0.2) is 13.7 Å². The van der Waals surface area contributed by atoms with Crippen LogP contribution in [0.3, 0.4) is 0 Å². The van der Waals surface area contributed by atoms with Gasteiger partial charge in [-0.15, -0.1) is 0 Å². The van der Waals surface area contributed by atoms with Gasteiger partial charge in [0, 0.05) is 17.1 Å². The third-order valence-corrected chi connectivity index (χ3v) is 4.39. The van der Waals surface area contributed by atoms with Crippen LogP contribution in [0.25, 0.3) is 0 Å². The highest BCUT2D eigenvalue weighted by Gasteiger charge is 2.08. The molecule has 0 aliphatic heterocycles. The van der Waals surface area contributed by atoms with E-state index in [1.54, 1.807) is 19.2 Å². The monoisotopic (exact) mass is 343 g/mol. The van der Waals surface area contributed by atoms with Gasteiger partial charge >= 0.3 is 0 Å². The van der Waals surface area contributed by atoms with E-state index in [4.69, 9.17) is 39.5 Å². The van der Waals surface area contributed by atoms with Gasteiger partial charge in [0.1, 0.15) is 5.75 Å². The maximum Gasteiger partial charge on any atom is 0.118 e. The first-order chi connectivity index (χ1) is 10.1. The molecule has 0 saturated heterocycles. The Balaban J connectivity index is 1.86. The second kappa shape index (κ2) is 7.90. The fourth-order valence-electron chi connectivity index (χ4n) is 1.97. The molecule has 0 heterocycles. The SMILES string of the molecule is COc1ccc(CCNCc2c(Cl)ccc(Cl)c2Cl)cc1. The number of halogens is 3. The number of methoxy groups -OCH3 is 1. The fourth-order valence-corrected chi connectivity index (χ4v) is 2.65. The molecule has 5 heteroatoms. The van der Waals surface area contributed by atoms with Gasteiger partial charge < -0.3 is 10.1 Å². The van der Waals surface area contributed by atoms with E-state index in [9.17, 15) is 0 Å². The maximum absolute atomic E-state index is 6.16. The zero-order valence-corrected chi connectivity index (χ0v) is 13.9. The molecule has 112 valence electrons. The lowest BCUT2D eigenvalue weighted by molar-refractivity contribution is 0.414. The van der Waals surface area contributed by atoms with Crippen molar-refractivity contribution >= 4 is 34.8 Å². The first-order valence-corrected chi connectivity index (χ1v) is 7.71. The molecule has 21 heavy (non-hydrogen) atoms. The Bertz CT molecular complexity index is 599. The van der Waals surface area contributed by atoms with Crippen molar-refractivity contribution in [2.75, 3.05) is 13.7 Å². The molecule has 0 fully saturated rings. The van der Waals surface area contributed by atoms with E-state index in [0.29, 0.717) is 21.6 Å². The Labute approximate surface area is 140 Å². The standard InChI is InChI=1S/C16H16Cl3NO/c1-21-12-4-2-11(3-5-12)8-9-20-10-13-14(17)6-7-15(18)16(13)19/h2-7,20H,8-10H2,1H3. The van der Waals surface area contributed by atoms with Gasteiger partial charge in [0.25, 0.3) is 0 Å². The highest BCUT2D eigenvalue weighted by Crippen LogP contribution is 2.31. The average molecular weight is 345 g/mol. The third-order valence-electron chi connectivity index (χ3n) is 3.19. The minimum Gasteiger partial charge on any atom is -0.497 e. The Hall–Kier alpha value is -0.930. The molecule has 0 spiro atoms. The van der Waals surface area contributed by atoms with E-state index < -0.39 is 0 Å². The molecule has 0 unspecified atom stereocenters. The quantitative estimate of drug-likeness (QED) is 0.589. The number of rotatable bonds is 6. The van der Waals surface area contributed by atoms with Gasteiger partial charge in [-0.2, -0.15) is 0 Å². The summed E-state index contributed by atoms with van der Waals surface area (Å²) in [6.45, 7) is 1.42. The van der Waals surface area contributed by atoms with Gasteiger partial charge in [-0.05, 0) is 42.8 Å². The van der Waals surface area contributed by atoms with E-state index in [2.05, 4.69) is 17.4 Å². The van der Waals surface area contributed by atoms with Crippen LogP contribution in [0.15, 0.2) is 36.4 Å². The van der Waals surface area contributed by atoms with Gasteiger partial charge in [-0.25, -0.2) is 0 Å². The molecule has 1 N–H and O–H groups in total. The molecule has 0 aliphatic rings. The van der Waals surface area contributed by atoms with Crippen LogP contribution in [0.2, 0.25) is 15.1 Å². The maximum atomic E-state index is 6.16. The molecule has 0 aliphatic carbocycles. The zero-order chi connectivity index (χ0) is 15.2. The van der Waals surface area contributed by atoms with Gasteiger partial charge in [-0.1, -0.05) is 46.9 Å². The Morgan fingerprint density at radius 1 is 0.952 bits per heavy atom. The molecule has 2 nitrogen and oxygen atoms in total. The molecule has 0 bridgehead atoms. The van der Waals surface area contributed by atoms with E-state index >= 15 is 0 Å². The lowest BCUT2D eigenvalue weighted by atomic mass is 10.1. The predicted octanol–water partition coefficient (Wildman–Crippen LogP) is 4.99. The number of benzene rings is 2. The first kappa shape index (κ1) is 16.4. The Morgan fingerprint density at radius 3 is 2.29 bits per heavy atom. The summed E-state index contributed by atoms with van der Waals surface area (Å²) in [5, 5.41) is 4.99. The van der Waals surface area contributed by atoms with Crippen molar-refractivity contribution in [3.05, 3.63) is 62.6 Å². The topological polar surface area (TPSA) is 21.3 Å². The normalized spacial score (nSPS) is 10.7. The van der Waals surface area contributed by atoms with Crippen LogP contribution in [-0.2, 0) is 13.0 Å². The number of hydrogen-bond donors (Lipinski definition) is 1. The summed E-state index contributed by atoms with van der Waals surface area (Å²) in [5.74, 6) is 0.865. The molecule has 2 aromatic carbocycles. The van der Waals surface area contributed by atoms with Gasteiger partial charge in [0.2, 0.25) is 0 Å². The largest absolute Gasteiger partial charge is 0.497 e. The second-order valence-corrected chi connectivity index (χ2v) is 5.79. The molecule has 0 radical (unpaired) electrons. The summed E-state index contributed by atoms with van der Waals surface area (Å²) < 4.78 is 5.13. The van der Waals surface area contributed by atoms with Gasteiger partial charge in [0.05, 0.1) is 17.2 Å². The van der Waals surface area contributed by atoms with Gasteiger partial charge in [0.15, 0.2) is 0 Å². The lowest BCUT2D eigenvalue weighted by Gasteiger charge is -2.10. The molecular formula is C16H16Cl3NO. The Kier molecular flexibility index (Phi) is 6.19. The van der Waals surface area contributed by atoms with E-state index in [-0.39, 0.29) is 0 Å². The average Bonchev–Trinajstić information content (AvgIpc) is 2.51. The van der Waals surface area contributed by atoms with E-state index in [1.165, 1.54) is 5.56 Å². The van der Waals surface area contributed by atoms with Crippen molar-refractivity contribution in [2.45, 2.75) is 13.0 Å². The highest BCUT2D eigenvalue weighted by atomic mass is 35.5. The summed E-state index contributed by atoms with van der Waals surface area (Å²) in [7, 11) is 1.66. The van der Waals surface area contributed by atoms with Crippen molar-refractivity contribution in [1.82, 2.24) is 5.32 Å². The molecule has 0 saturated carbocycles. The summed E-state index contributed by atoms with van der Waals surface area (Å²) in [6, 6.07) is 11.5. The molecule has 2 rings (SSSR count). The summed E-state index contributed by atoms with van der Waals surface area (Å²) >= 11 is 18.3. The minimum atomic E-state index is 0.515. The van der Waals surface area contributed by atoms with Crippen molar-refractivity contribution in [2.24, 2.45) is 0 Å². The Morgan fingerprint density at radius 2 is 1.62 bits per heavy atom. The van der Waals surface area contributed by atoms with Crippen LogP contribution < -0.4 is 10.1 Å². The first-order valence-electron chi connectivity index (χ1n) is 6.58. The smallest absolute Gasteiger partial charge is 0.118 e. The summed E-state index contributed by atoms with van der Waals surface area (Å²) in [6.07, 6.45) is 0.916. The fraction of sp³-hybridized carbons (Fsp3) is 0.250. The molecular weight excluding hydrogens is 329 g/mol. The minimum absolute atomic E-state index is 0.515. The molecule has 0 amide bonds. The predicted molar refractivity (Wildman–Crippen MR) is 89.9 cm³/mol. The van der Waals surface area contributed by atoms with Crippen LogP contribution in [0.4, 0.5) is 0 Å². The second-order valence-electron chi connectivity index (χ2n) is 4.60. The molecule has 0 atom stereocenters. The van der Waals surface area contributed by atoms with E-state index in [1.807, 2.05) is 12.1 Å². The van der Waals surface area contributed by atoms with Crippen LogP contribution in [0.1, 0.15) is 11.1 Å². The summed E-state index contributed by atoms with van der Waals surface area (Å²) in [4.78, 5) is 0. The number of hydrogen-bond acceptors (Lipinski definition) is 2. The third kappa shape index (κ3) is 4.52. The highest BCUT2D eigenvalue weighted by molar-refractivity contribution is 6.44. The van der Waals surface area contributed by atoms with Crippen LogP contribution >= 0.6 is 34.8 Å². The van der Waals surface area contributed by atoms with Crippen molar-refractivity contribution in [3.8, 4) is 5.75 Å². The van der Waals surface area contributed by atoms with Crippen LogP contribution in [0.5, 0.6) is 5.75 Å². The molecule has 0 aromatic heterocycles. The molecule has 2 aromatic rings. The van der Waals surface area contributed by atoms with E-state index in [0.717, 1.165) is 24.3 Å².